The van der Waals surface area contributed by atoms with E-state index in [1.165, 1.54) is 0 Å². The van der Waals surface area contributed by atoms with Gasteiger partial charge in [-0.2, -0.15) is 5.10 Å². The lowest BCUT2D eigenvalue weighted by Crippen LogP contribution is -2.24. The molecule has 0 radical (unpaired) electrons. The highest BCUT2D eigenvalue weighted by molar-refractivity contribution is 9.10. The minimum atomic E-state index is -0.199. The van der Waals surface area contributed by atoms with E-state index in [4.69, 9.17) is 11.6 Å². The smallest absolute Gasteiger partial charge is 0.253 e. The zero-order valence-electron chi connectivity index (χ0n) is 12.7. The van der Waals surface area contributed by atoms with Gasteiger partial charge in [-0.1, -0.05) is 51.8 Å². The summed E-state index contributed by atoms with van der Waals surface area (Å²) in [5.74, 6) is -0.199. The molecule has 0 aliphatic heterocycles. The van der Waals surface area contributed by atoms with Crippen LogP contribution in [0, 0.1) is 0 Å². The summed E-state index contributed by atoms with van der Waals surface area (Å²) >= 11 is 9.46. The molecular formula is C18H15BrClN3O. The lowest BCUT2D eigenvalue weighted by molar-refractivity contribution is 0.0951. The molecule has 0 fully saturated rings. The second-order valence-corrected chi connectivity index (χ2v) is 6.60. The summed E-state index contributed by atoms with van der Waals surface area (Å²) in [7, 11) is 0. The third-order valence-electron chi connectivity index (χ3n) is 3.62. The Bertz CT molecular complexity index is 849. The van der Waals surface area contributed by atoms with Gasteiger partial charge in [-0.25, -0.2) is 0 Å². The van der Waals surface area contributed by atoms with E-state index in [2.05, 4.69) is 26.3 Å². The molecule has 122 valence electrons. The highest BCUT2D eigenvalue weighted by atomic mass is 79.9. The first-order chi connectivity index (χ1) is 11.6. The number of benzene rings is 2. The standard InChI is InChI=1S/C18H15BrClN3O/c19-15-6-7-17(20)16(10-15)18(24)21-11-13-4-1-2-5-14(13)12-23-9-3-8-22-23/h1-10H,11-12H2,(H,21,24). The van der Waals surface area contributed by atoms with Gasteiger partial charge in [0.15, 0.2) is 0 Å². The summed E-state index contributed by atoms with van der Waals surface area (Å²) in [6.45, 7) is 1.09. The molecule has 1 amide bonds. The highest BCUT2D eigenvalue weighted by Crippen LogP contribution is 2.21. The Labute approximate surface area is 153 Å². The molecule has 0 saturated carbocycles. The van der Waals surface area contributed by atoms with Crippen molar-refractivity contribution in [2.24, 2.45) is 0 Å². The summed E-state index contributed by atoms with van der Waals surface area (Å²) in [5, 5.41) is 7.58. The Morgan fingerprint density at radius 2 is 1.96 bits per heavy atom. The van der Waals surface area contributed by atoms with Gasteiger partial charge in [-0.05, 0) is 35.4 Å². The third kappa shape index (κ3) is 4.04. The molecule has 6 heteroatoms. The molecule has 0 aliphatic carbocycles. The van der Waals surface area contributed by atoms with Gasteiger partial charge in [0.25, 0.3) is 5.91 Å². The van der Waals surface area contributed by atoms with Crippen LogP contribution in [-0.2, 0) is 13.1 Å². The number of amides is 1. The number of carbonyl (C=O) groups excluding carboxylic acids is 1. The first kappa shape index (κ1) is 16.7. The Morgan fingerprint density at radius 3 is 2.71 bits per heavy atom. The van der Waals surface area contributed by atoms with Gasteiger partial charge in [-0.3, -0.25) is 9.48 Å². The summed E-state index contributed by atoms with van der Waals surface area (Å²) in [4.78, 5) is 12.4. The van der Waals surface area contributed by atoms with Crippen molar-refractivity contribution in [3.8, 4) is 0 Å². The fourth-order valence-electron chi connectivity index (χ4n) is 2.39. The lowest BCUT2D eigenvalue weighted by atomic mass is 10.1. The van der Waals surface area contributed by atoms with E-state index in [0.29, 0.717) is 23.7 Å². The van der Waals surface area contributed by atoms with Crippen molar-refractivity contribution in [1.82, 2.24) is 15.1 Å². The van der Waals surface area contributed by atoms with Crippen LogP contribution in [0.3, 0.4) is 0 Å². The van der Waals surface area contributed by atoms with E-state index in [1.807, 2.05) is 41.2 Å². The number of halogens is 2. The normalized spacial score (nSPS) is 10.6. The van der Waals surface area contributed by atoms with E-state index in [9.17, 15) is 4.79 Å². The zero-order chi connectivity index (χ0) is 16.9. The Balaban J connectivity index is 1.72. The van der Waals surface area contributed by atoms with Crippen LogP contribution in [0.1, 0.15) is 21.5 Å². The van der Waals surface area contributed by atoms with Crippen LogP contribution in [0.5, 0.6) is 0 Å². The fraction of sp³-hybridized carbons (Fsp3) is 0.111. The molecule has 1 aromatic heterocycles. The highest BCUT2D eigenvalue weighted by Gasteiger charge is 2.11. The van der Waals surface area contributed by atoms with Crippen LogP contribution < -0.4 is 5.32 Å². The number of hydrogen-bond acceptors (Lipinski definition) is 2. The number of hydrogen-bond donors (Lipinski definition) is 1. The molecular weight excluding hydrogens is 390 g/mol. The van der Waals surface area contributed by atoms with Crippen molar-refractivity contribution < 1.29 is 4.79 Å². The lowest BCUT2D eigenvalue weighted by Gasteiger charge is -2.12. The predicted molar refractivity (Wildman–Crippen MR) is 98.1 cm³/mol. The van der Waals surface area contributed by atoms with Crippen LogP contribution in [0.2, 0.25) is 5.02 Å². The van der Waals surface area contributed by atoms with Crippen molar-refractivity contribution in [2.75, 3.05) is 0 Å². The average molecular weight is 405 g/mol. The van der Waals surface area contributed by atoms with Crippen LogP contribution in [0.25, 0.3) is 0 Å². The molecule has 24 heavy (non-hydrogen) atoms. The molecule has 3 rings (SSSR count). The minimum Gasteiger partial charge on any atom is -0.348 e. The van der Waals surface area contributed by atoms with Crippen molar-refractivity contribution in [1.29, 1.82) is 0 Å². The molecule has 0 bridgehead atoms. The monoisotopic (exact) mass is 403 g/mol. The Hall–Kier alpha value is -2.11. The maximum absolute atomic E-state index is 12.4. The molecule has 1 N–H and O–H groups in total. The van der Waals surface area contributed by atoms with Gasteiger partial charge in [-0.15, -0.1) is 0 Å². The summed E-state index contributed by atoms with van der Waals surface area (Å²) in [6, 6.07) is 15.1. The van der Waals surface area contributed by atoms with Crippen LogP contribution in [-0.4, -0.2) is 15.7 Å². The van der Waals surface area contributed by atoms with Crippen molar-refractivity contribution in [3.05, 3.63) is 87.1 Å². The van der Waals surface area contributed by atoms with E-state index >= 15 is 0 Å². The topological polar surface area (TPSA) is 46.9 Å². The second kappa shape index (κ2) is 7.64. The van der Waals surface area contributed by atoms with Crippen LogP contribution in [0.15, 0.2) is 65.4 Å². The van der Waals surface area contributed by atoms with E-state index in [1.54, 1.807) is 24.4 Å². The number of nitrogens with zero attached hydrogens (tertiary/aromatic N) is 2. The van der Waals surface area contributed by atoms with E-state index < -0.39 is 0 Å². The van der Waals surface area contributed by atoms with E-state index in [0.717, 1.165) is 15.6 Å². The van der Waals surface area contributed by atoms with Crippen molar-refractivity contribution in [2.45, 2.75) is 13.1 Å². The first-order valence-corrected chi connectivity index (χ1v) is 8.58. The molecule has 0 atom stereocenters. The maximum atomic E-state index is 12.4. The fourth-order valence-corrected chi connectivity index (χ4v) is 2.96. The van der Waals surface area contributed by atoms with Gasteiger partial charge in [0.2, 0.25) is 0 Å². The zero-order valence-corrected chi connectivity index (χ0v) is 15.1. The first-order valence-electron chi connectivity index (χ1n) is 7.41. The SMILES string of the molecule is O=C(NCc1ccccc1Cn1cccn1)c1cc(Br)ccc1Cl. The largest absolute Gasteiger partial charge is 0.348 e. The molecule has 0 unspecified atom stereocenters. The quantitative estimate of drug-likeness (QED) is 0.690. The Kier molecular flexibility index (Phi) is 5.33. The third-order valence-corrected chi connectivity index (χ3v) is 4.45. The number of rotatable bonds is 5. The van der Waals surface area contributed by atoms with Gasteiger partial charge in [0.05, 0.1) is 17.1 Å². The van der Waals surface area contributed by atoms with Crippen LogP contribution >= 0.6 is 27.5 Å². The molecule has 0 spiro atoms. The van der Waals surface area contributed by atoms with Crippen LogP contribution in [0.4, 0.5) is 0 Å². The van der Waals surface area contributed by atoms with Gasteiger partial charge in [0, 0.05) is 23.4 Å². The predicted octanol–water partition coefficient (Wildman–Crippen LogP) is 4.28. The van der Waals surface area contributed by atoms with Gasteiger partial charge < -0.3 is 5.32 Å². The molecule has 4 nitrogen and oxygen atoms in total. The summed E-state index contributed by atoms with van der Waals surface area (Å²) in [5.41, 5.74) is 2.62. The van der Waals surface area contributed by atoms with Crippen molar-refractivity contribution in [3.63, 3.8) is 0 Å². The molecule has 3 aromatic rings. The Morgan fingerprint density at radius 1 is 1.17 bits per heavy atom. The maximum Gasteiger partial charge on any atom is 0.253 e. The molecule has 1 heterocycles. The minimum absolute atomic E-state index is 0.199. The van der Waals surface area contributed by atoms with Gasteiger partial charge in [0.1, 0.15) is 0 Å². The average Bonchev–Trinajstić information content (AvgIpc) is 3.09. The molecule has 0 saturated heterocycles. The van der Waals surface area contributed by atoms with E-state index in [-0.39, 0.29) is 5.91 Å². The second-order valence-electron chi connectivity index (χ2n) is 5.28. The number of carbonyl (C=O) groups is 1. The number of aromatic nitrogens is 2. The summed E-state index contributed by atoms with van der Waals surface area (Å²) in [6.07, 6.45) is 3.66. The molecule has 0 aliphatic rings. The number of nitrogens with one attached hydrogen (secondary N) is 1. The van der Waals surface area contributed by atoms with Crippen molar-refractivity contribution >= 4 is 33.4 Å². The van der Waals surface area contributed by atoms with Gasteiger partial charge >= 0.3 is 0 Å². The summed E-state index contributed by atoms with van der Waals surface area (Å²) < 4.78 is 2.67. The molecule has 2 aromatic carbocycles.